The molecule has 1 aliphatic heterocycles. The van der Waals surface area contributed by atoms with Gasteiger partial charge in [0, 0.05) is 31.0 Å². The molecule has 3 aromatic rings. The molecule has 3 aromatic heterocycles. The molecular weight excluding hydrogens is 451 g/mol. The lowest BCUT2D eigenvalue weighted by molar-refractivity contribution is -0.274. The lowest BCUT2D eigenvalue weighted by atomic mass is 9.91. The Morgan fingerprint density at radius 2 is 1.85 bits per heavy atom. The van der Waals surface area contributed by atoms with Crippen LogP contribution in [0.1, 0.15) is 30.3 Å². The quantitative estimate of drug-likeness (QED) is 0.579. The molecule has 4 rings (SSSR count). The smallest absolute Gasteiger partial charge is 0.403 e. The highest BCUT2D eigenvalue weighted by molar-refractivity contribution is 6.04. The fourth-order valence-corrected chi connectivity index (χ4v) is 3.56. The lowest BCUT2D eigenvalue weighted by Gasteiger charge is -2.38. The predicted octanol–water partition coefficient (Wildman–Crippen LogP) is 3.40. The van der Waals surface area contributed by atoms with Crippen molar-refractivity contribution in [2.24, 2.45) is 5.73 Å². The normalized spacial score (nSPS) is 15.6. The van der Waals surface area contributed by atoms with Crippen molar-refractivity contribution >= 4 is 17.4 Å². The molecular formula is C22H22F3N7O2. The third-order valence-electron chi connectivity index (χ3n) is 5.37. The third kappa shape index (κ3) is 5.57. The number of anilines is 2. The number of carbonyl (C=O) groups is 1. The number of hydrogen-bond acceptors (Lipinski definition) is 8. The van der Waals surface area contributed by atoms with Gasteiger partial charge in [0.15, 0.2) is 11.6 Å². The van der Waals surface area contributed by atoms with E-state index in [-0.39, 0.29) is 22.6 Å². The zero-order valence-electron chi connectivity index (χ0n) is 18.2. The number of pyridine rings is 2. The van der Waals surface area contributed by atoms with Gasteiger partial charge in [0.25, 0.3) is 5.91 Å². The maximum Gasteiger partial charge on any atom is 0.573 e. The third-order valence-corrected chi connectivity index (χ3v) is 5.37. The van der Waals surface area contributed by atoms with E-state index < -0.39 is 18.0 Å². The Morgan fingerprint density at radius 3 is 2.59 bits per heavy atom. The first-order valence-corrected chi connectivity index (χ1v) is 10.4. The summed E-state index contributed by atoms with van der Waals surface area (Å²) in [7, 11) is 0. The molecule has 178 valence electrons. The monoisotopic (exact) mass is 473 g/mol. The summed E-state index contributed by atoms with van der Waals surface area (Å²) in [5, 5.41) is 2.72. The number of aromatic nitrogens is 4. The summed E-state index contributed by atoms with van der Waals surface area (Å²) >= 11 is 0. The van der Waals surface area contributed by atoms with Gasteiger partial charge in [-0.15, -0.1) is 13.2 Å². The van der Waals surface area contributed by atoms with E-state index in [0.717, 1.165) is 24.6 Å². The molecule has 0 unspecified atom stereocenters. The van der Waals surface area contributed by atoms with E-state index in [1.165, 1.54) is 24.7 Å². The van der Waals surface area contributed by atoms with Crippen molar-refractivity contribution in [2.45, 2.75) is 31.7 Å². The molecule has 1 amide bonds. The second-order valence-corrected chi connectivity index (χ2v) is 8.15. The van der Waals surface area contributed by atoms with E-state index in [0.29, 0.717) is 18.9 Å². The van der Waals surface area contributed by atoms with Crippen LogP contribution in [-0.2, 0) is 0 Å². The highest BCUT2D eigenvalue weighted by Gasteiger charge is 2.33. The molecule has 0 atom stereocenters. The van der Waals surface area contributed by atoms with Crippen molar-refractivity contribution in [2.75, 3.05) is 23.3 Å². The fourth-order valence-electron chi connectivity index (χ4n) is 3.56. The van der Waals surface area contributed by atoms with Gasteiger partial charge in [0.2, 0.25) is 0 Å². The Kier molecular flexibility index (Phi) is 6.33. The maximum absolute atomic E-state index is 12.9. The van der Waals surface area contributed by atoms with Gasteiger partial charge in [0.1, 0.15) is 17.1 Å². The summed E-state index contributed by atoms with van der Waals surface area (Å²) in [5.41, 5.74) is 6.35. The van der Waals surface area contributed by atoms with E-state index in [1.807, 2.05) is 13.0 Å². The van der Waals surface area contributed by atoms with Crippen LogP contribution in [0.2, 0.25) is 0 Å². The van der Waals surface area contributed by atoms with E-state index in [9.17, 15) is 18.0 Å². The minimum atomic E-state index is -4.91. The Bertz CT molecular complexity index is 1180. The van der Waals surface area contributed by atoms with Crippen molar-refractivity contribution < 1.29 is 22.7 Å². The maximum atomic E-state index is 12.9. The molecule has 1 aliphatic rings. The highest BCUT2D eigenvalue weighted by atomic mass is 19.4. The van der Waals surface area contributed by atoms with Crippen molar-refractivity contribution in [3.05, 3.63) is 54.7 Å². The van der Waals surface area contributed by atoms with E-state index in [1.54, 1.807) is 12.3 Å². The number of hydrogen-bond donors (Lipinski definition) is 2. The number of nitrogens with one attached hydrogen (secondary N) is 1. The summed E-state index contributed by atoms with van der Waals surface area (Å²) in [6.45, 7) is 3.42. The SMILES string of the molecule is CC1(N)CCN(c2cccnc2NC(=O)c2cncc(-c3ncccc3OC(F)(F)F)n2)CC1. The Labute approximate surface area is 193 Å². The summed E-state index contributed by atoms with van der Waals surface area (Å²) < 4.78 is 42.3. The highest BCUT2D eigenvalue weighted by Crippen LogP contribution is 2.31. The van der Waals surface area contributed by atoms with E-state index in [2.05, 4.69) is 34.9 Å². The van der Waals surface area contributed by atoms with Gasteiger partial charge in [-0.1, -0.05) is 0 Å². The number of ether oxygens (including phenoxy) is 1. The minimum Gasteiger partial charge on any atom is -0.403 e. The molecule has 1 saturated heterocycles. The zero-order chi connectivity index (χ0) is 24.3. The van der Waals surface area contributed by atoms with Crippen LogP contribution in [-0.4, -0.2) is 50.8 Å². The standard InChI is InChI=1S/C22H22F3N7O2/c1-21(26)6-10-32(11-7-21)16-4-2-9-29-19(16)31-20(33)15-13-27-12-14(30-15)18-17(5-3-8-28-18)34-22(23,24)25/h2-5,8-9,12-13H,6-7,10-11,26H2,1H3,(H,29,31,33). The Hall–Kier alpha value is -3.80. The number of halogens is 3. The predicted molar refractivity (Wildman–Crippen MR) is 118 cm³/mol. The average Bonchev–Trinajstić information content (AvgIpc) is 2.79. The van der Waals surface area contributed by atoms with Gasteiger partial charge in [-0.25, -0.2) is 9.97 Å². The number of rotatable bonds is 5. The van der Waals surface area contributed by atoms with Crippen molar-refractivity contribution in [3.63, 3.8) is 0 Å². The topological polar surface area (TPSA) is 119 Å². The van der Waals surface area contributed by atoms with Gasteiger partial charge < -0.3 is 20.7 Å². The van der Waals surface area contributed by atoms with Crippen LogP contribution in [0.4, 0.5) is 24.7 Å². The van der Waals surface area contributed by atoms with Crippen molar-refractivity contribution in [1.82, 2.24) is 19.9 Å². The molecule has 12 heteroatoms. The van der Waals surface area contributed by atoms with Gasteiger partial charge in [-0.3, -0.25) is 14.8 Å². The molecule has 0 spiro atoms. The summed E-state index contributed by atoms with van der Waals surface area (Å²) in [6, 6.07) is 6.02. The van der Waals surface area contributed by atoms with Crippen LogP contribution in [0.3, 0.4) is 0 Å². The summed E-state index contributed by atoms with van der Waals surface area (Å²) in [4.78, 5) is 31.3. The molecule has 4 heterocycles. The number of alkyl halides is 3. The zero-order valence-corrected chi connectivity index (χ0v) is 18.2. The molecule has 34 heavy (non-hydrogen) atoms. The van der Waals surface area contributed by atoms with Crippen molar-refractivity contribution in [3.8, 4) is 17.1 Å². The molecule has 3 N–H and O–H groups in total. The molecule has 1 fully saturated rings. The number of nitrogens with zero attached hydrogens (tertiary/aromatic N) is 5. The van der Waals surface area contributed by atoms with Crippen LogP contribution in [0.5, 0.6) is 5.75 Å². The summed E-state index contributed by atoms with van der Waals surface area (Å²) in [6.07, 6.45) is 1.91. The Morgan fingerprint density at radius 1 is 1.15 bits per heavy atom. The van der Waals surface area contributed by atoms with Crippen molar-refractivity contribution in [1.29, 1.82) is 0 Å². The molecule has 0 saturated carbocycles. The van der Waals surface area contributed by atoms with Gasteiger partial charge >= 0.3 is 6.36 Å². The second-order valence-electron chi connectivity index (χ2n) is 8.15. The van der Waals surface area contributed by atoms with Crippen LogP contribution >= 0.6 is 0 Å². The van der Waals surface area contributed by atoms with Gasteiger partial charge in [-0.2, -0.15) is 0 Å². The van der Waals surface area contributed by atoms with Gasteiger partial charge in [0.05, 0.1) is 18.1 Å². The molecule has 0 aliphatic carbocycles. The minimum absolute atomic E-state index is 0.0491. The number of piperidine rings is 1. The van der Waals surface area contributed by atoms with E-state index in [4.69, 9.17) is 5.73 Å². The second kappa shape index (κ2) is 9.21. The lowest BCUT2D eigenvalue weighted by Crippen LogP contribution is -2.48. The fraction of sp³-hybridized carbons (Fsp3) is 0.318. The largest absolute Gasteiger partial charge is 0.573 e. The van der Waals surface area contributed by atoms with Crippen LogP contribution in [0.25, 0.3) is 11.4 Å². The Balaban J connectivity index is 1.56. The first-order chi connectivity index (χ1) is 16.1. The van der Waals surface area contributed by atoms with Gasteiger partial charge in [-0.05, 0) is 44.0 Å². The summed E-state index contributed by atoms with van der Waals surface area (Å²) in [5.74, 6) is -0.839. The number of amides is 1. The molecule has 0 aromatic carbocycles. The molecule has 0 bridgehead atoms. The molecule has 9 nitrogen and oxygen atoms in total. The van der Waals surface area contributed by atoms with Crippen LogP contribution in [0.15, 0.2) is 49.1 Å². The number of carbonyl (C=O) groups excluding carboxylic acids is 1. The van der Waals surface area contributed by atoms with Crippen LogP contribution < -0.4 is 20.7 Å². The first-order valence-electron chi connectivity index (χ1n) is 10.4. The van der Waals surface area contributed by atoms with E-state index >= 15 is 0 Å². The average molecular weight is 473 g/mol. The molecule has 0 radical (unpaired) electrons. The first kappa shape index (κ1) is 23.4. The number of nitrogens with two attached hydrogens (primary N) is 1. The van der Waals surface area contributed by atoms with Crippen LogP contribution in [0, 0.1) is 0 Å².